The molecule has 3 heterocycles. The Bertz CT molecular complexity index is 1260. The van der Waals surface area contributed by atoms with Gasteiger partial charge in [-0.1, -0.05) is 0 Å². The van der Waals surface area contributed by atoms with Crippen molar-refractivity contribution in [1.29, 1.82) is 5.26 Å². The van der Waals surface area contributed by atoms with E-state index in [0.29, 0.717) is 12.0 Å². The summed E-state index contributed by atoms with van der Waals surface area (Å²) < 4.78 is 2.02. The summed E-state index contributed by atoms with van der Waals surface area (Å²) in [5.41, 5.74) is 3.15. The van der Waals surface area contributed by atoms with Crippen molar-refractivity contribution in [3.05, 3.63) is 53.7 Å². The Kier molecular flexibility index (Phi) is 3.64. The Morgan fingerprint density at radius 2 is 2.06 bits per heavy atom. The van der Waals surface area contributed by atoms with Gasteiger partial charge in [-0.3, -0.25) is 19.4 Å². The first-order valence-corrected chi connectivity index (χ1v) is 10.5. The number of nitrogens with zero attached hydrogens (tertiary/aromatic N) is 7. The number of hydrogen-bond donors (Lipinski definition) is 0. The molecule has 3 aromatic rings. The number of benzene rings is 1. The SMILES string of the molecule is Cc1cnc(C2CC=NN2C(=O)C23CC(Cn4ncc5cc(C#N)ccc54)(C2)C3)cn1. The van der Waals surface area contributed by atoms with Gasteiger partial charge >= 0.3 is 0 Å². The molecule has 0 spiro atoms. The van der Waals surface area contributed by atoms with Crippen LogP contribution in [0.1, 0.15) is 48.7 Å². The van der Waals surface area contributed by atoms with Crippen LogP contribution in [0.3, 0.4) is 0 Å². The Hall–Kier alpha value is -3.60. The van der Waals surface area contributed by atoms with Crippen LogP contribution in [0.2, 0.25) is 0 Å². The van der Waals surface area contributed by atoms with Crippen molar-refractivity contribution in [1.82, 2.24) is 24.8 Å². The Balaban J connectivity index is 1.16. The van der Waals surface area contributed by atoms with Gasteiger partial charge in [-0.15, -0.1) is 0 Å². The number of aryl methyl sites for hydroxylation is 1. The number of amides is 1. The van der Waals surface area contributed by atoms with E-state index in [1.54, 1.807) is 23.6 Å². The fourth-order valence-corrected chi connectivity index (χ4v) is 5.67. The van der Waals surface area contributed by atoms with Crippen molar-refractivity contribution in [2.75, 3.05) is 0 Å². The molecule has 2 aromatic heterocycles. The lowest BCUT2D eigenvalue weighted by Gasteiger charge is -2.69. The highest BCUT2D eigenvalue weighted by Gasteiger charge is 2.72. The molecule has 3 fully saturated rings. The van der Waals surface area contributed by atoms with E-state index in [0.717, 1.165) is 48.1 Å². The van der Waals surface area contributed by atoms with Crippen LogP contribution < -0.4 is 0 Å². The molecule has 154 valence electrons. The standard InChI is InChI=1S/C23H21N7O/c1-15-8-26-18(10-25-15)20-4-5-27-30(20)21(31)23-11-22(12-23,13-23)14-29-19-3-2-16(7-24)6-17(19)9-28-29/h2-3,5-6,8-10,20H,4,11-14H2,1H3. The molecule has 2 bridgehead atoms. The third-order valence-corrected chi connectivity index (χ3v) is 7.03. The average Bonchev–Trinajstić information content (AvgIpc) is 3.36. The number of carbonyl (C=O) groups excluding carboxylic acids is 1. The van der Waals surface area contributed by atoms with Gasteiger partial charge in [0.15, 0.2) is 0 Å². The van der Waals surface area contributed by atoms with Crippen molar-refractivity contribution in [2.24, 2.45) is 15.9 Å². The molecule has 0 saturated heterocycles. The Morgan fingerprint density at radius 1 is 1.23 bits per heavy atom. The summed E-state index contributed by atoms with van der Waals surface area (Å²) in [5, 5.41) is 20.6. The van der Waals surface area contributed by atoms with Crippen LogP contribution in [0.25, 0.3) is 10.9 Å². The van der Waals surface area contributed by atoms with E-state index in [1.165, 1.54) is 0 Å². The summed E-state index contributed by atoms with van der Waals surface area (Å²) in [4.78, 5) is 22.2. The van der Waals surface area contributed by atoms with Crippen molar-refractivity contribution in [3.8, 4) is 6.07 Å². The van der Waals surface area contributed by atoms with Crippen LogP contribution >= 0.6 is 0 Å². The fraction of sp³-hybridized carbons (Fsp3) is 0.391. The number of fused-ring (bicyclic) bond motifs is 1. The highest BCUT2D eigenvalue weighted by atomic mass is 16.2. The zero-order chi connectivity index (χ0) is 21.2. The maximum Gasteiger partial charge on any atom is 0.249 e. The fourth-order valence-electron chi connectivity index (χ4n) is 5.67. The summed E-state index contributed by atoms with van der Waals surface area (Å²) in [7, 11) is 0. The van der Waals surface area contributed by atoms with E-state index in [1.807, 2.05) is 36.0 Å². The predicted octanol–water partition coefficient (Wildman–Crippen LogP) is 3.14. The smallest absolute Gasteiger partial charge is 0.249 e. The van der Waals surface area contributed by atoms with Crippen molar-refractivity contribution >= 4 is 23.0 Å². The van der Waals surface area contributed by atoms with Gasteiger partial charge in [0.25, 0.3) is 0 Å². The first-order chi connectivity index (χ1) is 15.0. The minimum Gasteiger partial charge on any atom is -0.272 e. The summed E-state index contributed by atoms with van der Waals surface area (Å²) in [6.07, 6.45) is 10.4. The Morgan fingerprint density at radius 3 is 2.81 bits per heavy atom. The quantitative estimate of drug-likeness (QED) is 0.657. The number of nitriles is 1. The molecule has 8 nitrogen and oxygen atoms in total. The number of carbonyl (C=O) groups is 1. The molecule has 4 aliphatic rings. The largest absolute Gasteiger partial charge is 0.272 e. The first-order valence-electron chi connectivity index (χ1n) is 10.5. The summed E-state index contributed by atoms with van der Waals surface area (Å²) >= 11 is 0. The van der Waals surface area contributed by atoms with Gasteiger partial charge in [0.2, 0.25) is 5.91 Å². The van der Waals surface area contributed by atoms with Gasteiger partial charge in [0, 0.05) is 30.8 Å². The van der Waals surface area contributed by atoms with Crippen LogP contribution in [0, 0.1) is 29.1 Å². The first kappa shape index (κ1) is 18.2. The number of hydrazone groups is 1. The monoisotopic (exact) mass is 411 g/mol. The predicted molar refractivity (Wildman–Crippen MR) is 113 cm³/mol. The van der Waals surface area contributed by atoms with Gasteiger partial charge in [0.1, 0.15) is 6.04 Å². The van der Waals surface area contributed by atoms with E-state index in [-0.39, 0.29) is 22.8 Å². The molecule has 3 aliphatic carbocycles. The number of aromatic nitrogens is 4. The van der Waals surface area contributed by atoms with E-state index >= 15 is 0 Å². The molecule has 7 rings (SSSR count). The second kappa shape index (κ2) is 6.20. The maximum absolute atomic E-state index is 13.4. The lowest BCUT2D eigenvalue weighted by atomic mass is 9.34. The van der Waals surface area contributed by atoms with Crippen LogP contribution in [-0.4, -0.2) is 36.9 Å². The molecular formula is C23H21N7O. The van der Waals surface area contributed by atoms with Gasteiger partial charge in [0.05, 0.1) is 46.3 Å². The van der Waals surface area contributed by atoms with Gasteiger partial charge in [-0.2, -0.15) is 15.5 Å². The van der Waals surface area contributed by atoms with E-state index in [9.17, 15) is 4.79 Å². The summed E-state index contributed by atoms with van der Waals surface area (Å²) in [6, 6.07) is 7.66. The second-order valence-corrected chi connectivity index (χ2v) is 9.28. The normalized spacial score (nSPS) is 28.3. The lowest BCUT2D eigenvalue weighted by Crippen LogP contribution is -2.68. The van der Waals surface area contributed by atoms with E-state index in [2.05, 4.69) is 26.2 Å². The van der Waals surface area contributed by atoms with E-state index in [4.69, 9.17) is 5.26 Å². The molecule has 1 amide bonds. The minimum atomic E-state index is -0.297. The van der Waals surface area contributed by atoms with Crippen molar-refractivity contribution < 1.29 is 4.79 Å². The van der Waals surface area contributed by atoms with Gasteiger partial charge in [-0.25, -0.2) is 5.01 Å². The molecule has 1 atom stereocenters. The number of rotatable bonds is 4. The highest BCUT2D eigenvalue weighted by Crippen LogP contribution is 2.74. The summed E-state index contributed by atoms with van der Waals surface area (Å²) in [5.74, 6) is 0.111. The number of hydrogen-bond acceptors (Lipinski definition) is 6. The molecule has 3 saturated carbocycles. The van der Waals surface area contributed by atoms with E-state index < -0.39 is 0 Å². The lowest BCUT2D eigenvalue weighted by molar-refractivity contribution is -0.223. The zero-order valence-corrected chi connectivity index (χ0v) is 17.2. The third-order valence-electron chi connectivity index (χ3n) is 7.03. The van der Waals surface area contributed by atoms with Crippen LogP contribution in [0.4, 0.5) is 0 Å². The zero-order valence-electron chi connectivity index (χ0n) is 17.2. The van der Waals surface area contributed by atoms with Gasteiger partial charge in [-0.05, 0) is 49.8 Å². The minimum absolute atomic E-state index is 0.111. The molecule has 0 N–H and O–H groups in total. The molecule has 1 aromatic carbocycles. The summed E-state index contributed by atoms with van der Waals surface area (Å²) in [6.45, 7) is 2.70. The highest BCUT2D eigenvalue weighted by molar-refractivity contribution is 5.88. The molecular weight excluding hydrogens is 390 g/mol. The van der Waals surface area contributed by atoms with Crippen LogP contribution in [-0.2, 0) is 11.3 Å². The molecule has 0 radical (unpaired) electrons. The van der Waals surface area contributed by atoms with Crippen molar-refractivity contribution in [3.63, 3.8) is 0 Å². The maximum atomic E-state index is 13.4. The second-order valence-electron chi connectivity index (χ2n) is 9.28. The van der Waals surface area contributed by atoms with Crippen LogP contribution in [0.5, 0.6) is 0 Å². The average molecular weight is 411 g/mol. The topological polar surface area (TPSA) is 100 Å². The molecule has 31 heavy (non-hydrogen) atoms. The molecule has 8 heteroatoms. The Labute approximate surface area is 179 Å². The van der Waals surface area contributed by atoms with Crippen LogP contribution in [0.15, 0.2) is 41.9 Å². The van der Waals surface area contributed by atoms with Crippen molar-refractivity contribution in [2.45, 2.75) is 45.2 Å². The third kappa shape index (κ3) is 2.62. The van der Waals surface area contributed by atoms with Gasteiger partial charge < -0.3 is 0 Å². The molecule has 1 unspecified atom stereocenters. The molecule has 1 aliphatic heterocycles.